The molecule has 7 heteroatoms. The third kappa shape index (κ3) is 4.72. The molecular formula is C29H23ClN4O2. The summed E-state index contributed by atoms with van der Waals surface area (Å²) in [4.78, 5) is 22.5. The van der Waals surface area contributed by atoms with Crippen LogP contribution in [0.2, 0.25) is 5.02 Å². The Morgan fingerprint density at radius 1 is 0.917 bits per heavy atom. The van der Waals surface area contributed by atoms with Crippen LogP contribution >= 0.6 is 11.6 Å². The van der Waals surface area contributed by atoms with E-state index in [0.29, 0.717) is 27.9 Å². The first kappa shape index (κ1) is 23.3. The van der Waals surface area contributed by atoms with E-state index >= 15 is 0 Å². The van der Waals surface area contributed by atoms with Gasteiger partial charge in [-0.15, -0.1) is 0 Å². The molecule has 2 heterocycles. The topological polar surface area (TPSA) is 69.0 Å². The third-order valence-corrected chi connectivity index (χ3v) is 5.88. The Kier molecular flexibility index (Phi) is 6.78. The van der Waals surface area contributed by atoms with Gasteiger partial charge in [0.2, 0.25) is 5.95 Å². The van der Waals surface area contributed by atoms with Gasteiger partial charge >= 0.3 is 5.97 Å². The van der Waals surface area contributed by atoms with E-state index in [1.165, 1.54) is 0 Å². The number of carbonyl (C=O) groups is 1. The van der Waals surface area contributed by atoms with Crippen LogP contribution in [0.25, 0.3) is 28.1 Å². The number of esters is 1. The standard InChI is InChI=1S/C29H23ClN4O2/c1-2-36-28(35)26(20-9-4-3-5-10-20)27(33-23-15-13-22(30)14-16-23)25-19-21-11-6-7-12-24(21)34(25)29-31-17-8-18-32-29/h3-19,33H,2H2,1H3/b27-26-. The summed E-state index contributed by atoms with van der Waals surface area (Å²) in [7, 11) is 0. The molecule has 0 atom stereocenters. The molecule has 0 spiro atoms. The fourth-order valence-electron chi connectivity index (χ4n) is 4.07. The maximum absolute atomic E-state index is 13.5. The highest BCUT2D eigenvalue weighted by atomic mass is 35.5. The van der Waals surface area contributed by atoms with E-state index in [-0.39, 0.29) is 6.61 Å². The second kappa shape index (κ2) is 10.5. The maximum atomic E-state index is 13.5. The number of nitrogens with one attached hydrogen (secondary N) is 1. The number of aromatic nitrogens is 3. The van der Waals surface area contributed by atoms with Crippen LogP contribution in [-0.2, 0) is 9.53 Å². The number of nitrogens with zero attached hydrogens (tertiary/aromatic N) is 3. The zero-order chi connectivity index (χ0) is 24.9. The lowest BCUT2D eigenvalue weighted by molar-refractivity contribution is -0.136. The average molecular weight is 495 g/mol. The van der Waals surface area contributed by atoms with E-state index in [1.807, 2.05) is 77.4 Å². The highest BCUT2D eigenvalue weighted by Crippen LogP contribution is 2.34. The minimum Gasteiger partial charge on any atom is -0.462 e. The fourth-order valence-corrected chi connectivity index (χ4v) is 4.19. The minimum absolute atomic E-state index is 0.244. The molecule has 1 N–H and O–H groups in total. The van der Waals surface area contributed by atoms with Gasteiger partial charge in [0.25, 0.3) is 0 Å². The molecule has 5 rings (SSSR count). The number of halogens is 1. The Bertz CT molecular complexity index is 1530. The van der Waals surface area contributed by atoms with Crippen molar-refractivity contribution in [1.82, 2.24) is 14.5 Å². The highest BCUT2D eigenvalue weighted by Gasteiger charge is 2.25. The monoisotopic (exact) mass is 494 g/mol. The van der Waals surface area contributed by atoms with Crippen LogP contribution in [0.5, 0.6) is 0 Å². The SMILES string of the molecule is CCOC(=O)/C(=C(\Nc1ccc(Cl)cc1)c1cc2ccccc2n1-c1ncccn1)c1ccccc1. The molecule has 0 fully saturated rings. The van der Waals surface area contributed by atoms with Crippen LogP contribution in [0.4, 0.5) is 5.69 Å². The highest BCUT2D eigenvalue weighted by molar-refractivity contribution is 6.30. The van der Waals surface area contributed by atoms with Crippen molar-refractivity contribution < 1.29 is 9.53 Å². The molecule has 0 saturated heterocycles. The summed E-state index contributed by atoms with van der Waals surface area (Å²) in [5, 5.41) is 5.07. The smallest absolute Gasteiger partial charge is 0.340 e. The Balaban J connectivity index is 1.85. The lowest BCUT2D eigenvalue weighted by Gasteiger charge is -2.19. The van der Waals surface area contributed by atoms with Crippen molar-refractivity contribution in [3.63, 3.8) is 0 Å². The van der Waals surface area contributed by atoms with Gasteiger partial charge in [-0.2, -0.15) is 0 Å². The molecule has 0 aliphatic carbocycles. The summed E-state index contributed by atoms with van der Waals surface area (Å²) in [6, 6.07) is 28.5. The Hall–Kier alpha value is -4.42. The number of anilines is 1. The summed E-state index contributed by atoms with van der Waals surface area (Å²) in [6.07, 6.45) is 3.39. The van der Waals surface area contributed by atoms with Crippen molar-refractivity contribution in [2.24, 2.45) is 0 Å². The van der Waals surface area contributed by atoms with Crippen molar-refractivity contribution in [2.45, 2.75) is 6.92 Å². The third-order valence-electron chi connectivity index (χ3n) is 5.62. The number of fused-ring (bicyclic) bond motifs is 1. The first-order valence-electron chi connectivity index (χ1n) is 11.5. The van der Waals surface area contributed by atoms with E-state index in [4.69, 9.17) is 16.3 Å². The van der Waals surface area contributed by atoms with E-state index in [9.17, 15) is 4.79 Å². The summed E-state index contributed by atoms with van der Waals surface area (Å²) in [5.41, 5.74) is 4.06. The van der Waals surface area contributed by atoms with Crippen LogP contribution in [0.3, 0.4) is 0 Å². The van der Waals surface area contributed by atoms with Crippen LogP contribution in [0.1, 0.15) is 18.2 Å². The molecule has 5 aromatic rings. The van der Waals surface area contributed by atoms with Crippen LogP contribution in [-0.4, -0.2) is 27.1 Å². The second-order valence-electron chi connectivity index (χ2n) is 7.94. The zero-order valence-electron chi connectivity index (χ0n) is 19.6. The number of hydrogen-bond donors (Lipinski definition) is 1. The van der Waals surface area contributed by atoms with Crippen molar-refractivity contribution in [3.05, 3.63) is 120 Å². The Morgan fingerprint density at radius 2 is 1.61 bits per heavy atom. The van der Waals surface area contributed by atoms with E-state index in [1.54, 1.807) is 37.5 Å². The zero-order valence-corrected chi connectivity index (χ0v) is 20.3. The molecule has 0 bridgehead atoms. The van der Waals surface area contributed by atoms with Crippen molar-refractivity contribution in [3.8, 4) is 5.95 Å². The largest absolute Gasteiger partial charge is 0.462 e. The molecule has 6 nitrogen and oxygen atoms in total. The number of hydrogen-bond acceptors (Lipinski definition) is 5. The Labute approximate surface area is 213 Å². The minimum atomic E-state index is -0.439. The van der Waals surface area contributed by atoms with Crippen LogP contribution < -0.4 is 5.32 Å². The molecule has 0 aliphatic heterocycles. The molecule has 0 radical (unpaired) electrons. The van der Waals surface area contributed by atoms with E-state index in [2.05, 4.69) is 15.3 Å². The van der Waals surface area contributed by atoms with Gasteiger partial charge in [-0.1, -0.05) is 60.1 Å². The first-order chi connectivity index (χ1) is 17.7. The van der Waals surface area contributed by atoms with Gasteiger partial charge in [0, 0.05) is 28.5 Å². The summed E-state index contributed by atoms with van der Waals surface area (Å²) >= 11 is 6.14. The second-order valence-corrected chi connectivity index (χ2v) is 8.38. The molecule has 0 unspecified atom stereocenters. The lowest BCUT2D eigenvalue weighted by atomic mass is 10.0. The van der Waals surface area contributed by atoms with Gasteiger partial charge in [-0.3, -0.25) is 4.57 Å². The average Bonchev–Trinajstić information content (AvgIpc) is 3.30. The van der Waals surface area contributed by atoms with Crippen molar-refractivity contribution >= 4 is 45.4 Å². The van der Waals surface area contributed by atoms with Crippen molar-refractivity contribution in [2.75, 3.05) is 11.9 Å². The number of benzene rings is 3. The van der Waals surface area contributed by atoms with Gasteiger partial charge in [-0.25, -0.2) is 14.8 Å². The fraction of sp³-hybridized carbons (Fsp3) is 0.0690. The first-order valence-corrected chi connectivity index (χ1v) is 11.9. The molecule has 0 amide bonds. The summed E-state index contributed by atoms with van der Waals surface area (Å²) in [5.74, 6) is 0.0475. The summed E-state index contributed by atoms with van der Waals surface area (Å²) in [6.45, 7) is 2.04. The predicted octanol–water partition coefficient (Wildman–Crippen LogP) is 6.62. The molecule has 36 heavy (non-hydrogen) atoms. The molecule has 178 valence electrons. The molecule has 2 aromatic heterocycles. The molecule has 3 aromatic carbocycles. The lowest BCUT2D eigenvalue weighted by Crippen LogP contribution is -2.15. The molecule has 0 aliphatic rings. The molecule has 0 saturated carbocycles. The number of rotatable bonds is 7. The number of carbonyl (C=O) groups excluding carboxylic acids is 1. The van der Waals surface area contributed by atoms with Gasteiger partial charge in [0.15, 0.2) is 0 Å². The number of ether oxygens (including phenoxy) is 1. The van der Waals surface area contributed by atoms with Gasteiger partial charge in [-0.05, 0) is 55.0 Å². The Morgan fingerprint density at radius 3 is 2.33 bits per heavy atom. The van der Waals surface area contributed by atoms with Gasteiger partial charge in [0.05, 0.1) is 29.1 Å². The summed E-state index contributed by atoms with van der Waals surface area (Å²) < 4.78 is 7.48. The normalized spacial score (nSPS) is 11.7. The van der Waals surface area contributed by atoms with Gasteiger partial charge < -0.3 is 10.1 Å². The van der Waals surface area contributed by atoms with Crippen LogP contribution in [0.15, 0.2) is 103 Å². The quantitative estimate of drug-likeness (QED) is 0.203. The van der Waals surface area contributed by atoms with Crippen molar-refractivity contribution in [1.29, 1.82) is 0 Å². The maximum Gasteiger partial charge on any atom is 0.340 e. The van der Waals surface area contributed by atoms with Crippen LogP contribution in [0, 0.1) is 0 Å². The van der Waals surface area contributed by atoms with E-state index < -0.39 is 5.97 Å². The predicted molar refractivity (Wildman–Crippen MR) is 144 cm³/mol. The molecular weight excluding hydrogens is 472 g/mol. The number of para-hydroxylation sites is 1. The van der Waals surface area contributed by atoms with E-state index in [0.717, 1.165) is 22.2 Å². The van der Waals surface area contributed by atoms with Gasteiger partial charge in [0.1, 0.15) is 0 Å².